The molecule has 1 unspecified atom stereocenters. The molecule has 0 bridgehead atoms. The van der Waals surface area contributed by atoms with Gasteiger partial charge in [-0.05, 0) is 24.3 Å². The summed E-state index contributed by atoms with van der Waals surface area (Å²) >= 11 is 0. The average molecular weight is 342 g/mol. The van der Waals surface area contributed by atoms with Gasteiger partial charge < -0.3 is 9.42 Å². The van der Waals surface area contributed by atoms with Crippen LogP contribution in [0.1, 0.15) is 18.2 Å². The van der Waals surface area contributed by atoms with E-state index >= 15 is 0 Å². The molecule has 4 rings (SSSR count). The third-order valence-corrected chi connectivity index (χ3v) is 4.05. The first-order valence-corrected chi connectivity index (χ1v) is 7.61. The minimum absolute atomic E-state index is 0.160. The fraction of sp³-hybridized carbons (Fsp3) is 0.176. The van der Waals surface area contributed by atoms with E-state index in [0.717, 1.165) is 12.1 Å². The lowest BCUT2D eigenvalue weighted by Gasteiger charge is -2.16. The van der Waals surface area contributed by atoms with Crippen LogP contribution in [0.4, 0.5) is 14.5 Å². The van der Waals surface area contributed by atoms with Crippen LogP contribution >= 0.6 is 0 Å². The van der Waals surface area contributed by atoms with Gasteiger partial charge in [0.05, 0.1) is 5.92 Å². The highest BCUT2D eigenvalue weighted by Gasteiger charge is 2.35. The molecule has 1 aromatic carbocycles. The molecule has 8 heteroatoms. The third-order valence-electron chi connectivity index (χ3n) is 4.05. The van der Waals surface area contributed by atoms with Crippen molar-refractivity contribution in [1.29, 1.82) is 0 Å². The number of pyridine rings is 1. The highest BCUT2D eigenvalue weighted by molar-refractivity contribution is 5.96. The van der Waals surface area contributed by atoms with Crippen LogP contribution in [0, 0.1) is 11.6 Å². The molecule has 2 aromatic heterocycles. The van der Waals surface area contributed by atoms with Crippen LogP contribution in [-0.4, -0.2) is 27.6 Å². The predicted octanol–water partition coefficient (Wildman–Crippen LogP) is 2.93. The summed E-state index contributed by atoms with van der Waals surface area (Å²) in [6.45, 7) is 0.262. The van der Waals surface area contributed by atoms with Crippen molar-refractivity contribution in [3.8, 4) is 11.4 Å². The molecule has 126 valence electrons. The monoisotopic (exact) mass is 342 g/mol. The predicted molar refractivity (Wildman–Crippen MR) is 83.6 cm³/mol. The molecule has 1 aliphatic rings. The molecule has 0 spiro atoms. The average Bonchev–Trinajstić information content (AvgIpc) is 3.25. The molecule has 0 N–H and O–H groups in total. The standard InChI is InChI=1S/C17H12F2N4O2/c18-13-4-3-12(7-14(13)19)23-9-11(6-15(23)24)17-21-16(22-25-17)10-2-1-5-20-8-10/h1-5,7-8,11H,6,9H2. The first-order chi connectivity index (χ1) is 12.1. The smallest absolute Gasteiger partial charge is 0.232 e. The Balaban J connectivity index is 1.56. The molecular weight excluding hydrogens is 330 g/mol. The molecule has 1 saturated heterocycles. The maximum atomic E-state index is 13.4. The number of anilines is 1. The number of carbonyl (C=O) groups excluding carboxylic acids is 1. The number of amides is 1. The van der Waals surface area contributed by atoms with E-state index in [9.17, 15) is 13.6 Å². The summed E-state index contributed by atoms with van der Waals surface area (Å²) in [5.41, 5.74) is 1.01. The van der Waals surface area contributed by atoms with E-state index in [-0.39, 0.29) is 24.8 Å². The van der Waals surface area contributed by atoms with E-state index in [2.05, 4.69) is 15.1 Å². The first-order valence-electron chi connectivity index (χ1n) is 7.61. The number of hydrogen-bond acceptors (Lipinski definition) is 5. The second-order valence-corrected chi connectivity index (χ2v) is 5.70. The number of nitrogens with zero attached hydrogens (tertiary/aromatic N) is 4. The molecule has 3 heterocycles. The van der Waals surface area contributed by atoms with E-state index in [1.165, 1.54) is 11.0 Å². The molecule has 6 nitrogen and oxygen atoms in total. The Morgan fingerprint density at radius 3 is 2.84 bits per heavy atom. The summed E-state index contributed by atoms with van der Waals surface area (Å²) in [6, 6.07) is 6.93. The molecule has 25 heavy (non-hydrogen) atoms. The SMILES string of the molecule is O=C1CC(c2nc(-c3cccnc3)no2)CN1c1ccc(F)c(F)c1. The zero-order chi connectivity index (χ0) is 17.4. The van der Waals surface area contributed by atoms with E-state index in [1.807, 2.05) is 0 Å². The minimum atomic E-state index is -0.995. The van der Waals surface area contributed by atoms with Crippen LogP contribution in [0.5, 0.6) is 0 Å². The Bertz CT molecular complexity index is 929. The largest absolute Gasteiger partial charge is 0.339 e. The van der Waals surface area contributed by atoms with Gasteiger partial charge in [-0.2, -0.15) is 4.98 Å². The van der Waals surface area contributed by atoms with Gasteiger partial charge in [-0.1, -0.05) is 5.16 Å². The topological polar surface area (TPSA) is 72.1 Å². The molecule has 0 aliphatic carbocycles. The number of hydrogen-bond donors (Lipinski definition) is 0. The molecular formula is C17H12F2N4O2. The van der Waals surface area contributed by atoms with Crippen LogP contribution in [0.3, 0.4) is 0 Å². The number of carbonyl (C=O) groups is 1. The van der Waals surface area contributed by atoms with Gasteiger partial charge in [0.2, 0.25) is 17.6 Å². The Hall–Kier alpha value is -3.16. The molecule has 3 aromatic rings. The van der Waals surface area contributed by atoms with Crippen molar-refractivity contribution in [3.05, 3.63) is 60.3 Å². The van der Waals surface area contributed by atoms with Gasteiger partial charge in [0.1, 0.15) is 0 Å². The molecule has 1 aliphatic heterocycles. The van der Waals surface area contributed by atoms with Crippen molar-refractivity contribution in [3.63, 3.8) is 0 Å². The van der Waals surface area contributed by atoms with Gasteiger partial charge in [0, 0.05) is 42.7 Å². The second-order valence-electron chi connectivity index (χ2n) is 5.70. The van der Waals surface area contributed by atoms with Crippen LogP contribution in [0.2, 0.25) is 0 Å². The first kappa shape index (κ1) is 15.4. The summed E-state index contributed by atoms with van der Waals surface area (Å²) in [7, 11) is 0. The van der Waals surface area contributed by atoms with Crippen LogP contribution in [-0.2, 0) is 4.79 Å². The number of halogens is 2. The Kier molecular flexibility index (Phi) is 3.72. The van der Waals surface area contributed by atoms with Crippen molar-refractivity contribution in [2.75, 3.05) is 11.4 Å². The van der Waals surface area contributed by atoms with Crippen LogP contribution < -0.4 is 4.90 Å². The highest BCUT2D eigenvalue weighted by atomic mass is 19.2. The summed E-state index contributed by atoms with van der Waals surface area (Å²) in [5, 5.41) is 3.91. The second kappa shape index (κ2) is 6.04. The van der Waals surface area contributed by atoms with Crippen LogP contribution in [0.15, 0.2) is 47.2 Å². The lowest BCUT2D eigenvalue weighted by atomic mass is 10.1. The minimum Gasteiger partial charge on any atom is -0.339 e. The Labute approximate surface area is 141 Å². The van der Waals surface area contributed by atoms with Crippen LogP contribution in [0.25, 0.3) is 11.4 Å². The number of rotatable bonds is 3. The fourth-order valence-electron chi connectivity index (χ4n) is 2.79. The molecule has 0 saturated carbocycles. The van der Waals surface area contributed by atoms with Gasteiger partial charge in [-0.25, -0.2) is 8.78 Å². The normalized spacial score (nSPS) is 17.3. The lowest BCUT2D eigenvalue weighted by molar-refractivity contribution is -0.117. The maximum absolute atomic E-state index is 13.4. The molecule has 1 atom stereocenters. The van der Waals surface area contributed by atoms with Crippen molar-refractivity contribution in [1.82, 2.24) is 15.1 Å². The van der Waals surface area contributed by atoms with Crippen molar-refractivity contribution >= 4 is 11.6 Å². The summed E-state index contributed by atoms with van der Waals surface area (Å²) in [4.78, 5) is 22.0. The third kappa shape index (κ3) is 2.86. The molecule has 1 fully saturated rings. The summed E-state index contributed by atoms with van der Waals surface area (Å²) < 4.78 is 31.8. The van der Waals surface area contributed by atoms with Gasteiger partial charge >= 0.3 is 0 Å². The zero-order valence-corrected chi connectivity index (χ0v) is 12.9. The van der Waals surface area contributed by atoms with Crippen molar-refractivity contribution in [2.24, 2.45) is 0 Å². The van der Waals surface area contributed by atoms with Gasteiger partial charge in [0.15, 0.2) is 11.6 Å². The quantitative estimate of drug-likeness (QED) is 0.732. The fourth-order valence-corrected chi connectivity index (χ4v) is 2.79. The van der Waals surface area contributed by atoms with Gasteiger partial charge in [-0.3, -0.25) is 9.78 Å². The maximum Gasteiger partial charge on any atom is 0.232 e. The molecule has 0 radical (unpaired) electrons. The summed E-state index contributed by atoms with van der Waals surface area (Å²) in [5.74, 6) is -1.75. The molecule has 1 amide bonds. The Morgan fingerprint density at radius 2 is 2.08 bits per heavy atom. The summed E-state index contributed by atoms with van der Waals surface area (Å²) in [6.07, 6.45) is 3.41. The lowest BCUT2D eigenvalue weighted by Crippen LogP contribution is -2.24. The van der Waals surface area contributed by atoms with E-state index in [1.54, 1.807) is 24.5 Å². The van der Waals surface area contributed by atoms with Crippen molar-refractivity contribution < 1.29 is 18.1 Å². The number of aromatic nitrogens is 3. The van der Waals surface area contributed by atoms with Gasteiger partial charge in [0.25, 0.3) is 0 Å². The van der Waals surface area contributed by atoms with Crippen molar-refractivity contribution in [2.45, 2.75) is 12.3 Å². The Morgan fingerprint density at radius 1 is 1.20 bits per heavy atom. The zero-order valence-electron chi connectivity index (χ0n) is 12.9. The number of benzene rings is 1. The highest BCUT2D eigenvalue weighted by Crippen LogP contribution is 2.32. The van der Waals surface area contributed by atoms with E-state index in [0.29, 0.717) is 23.0 Å². The van der Waals surface area contributed by atoms with E-state index in [4.69, 9.17) is 4.52 Å². The van der Waals surface area contributed by atoms with E-state index < -0.39 is 11.6 Å². The van der Waals surface area contributed by atoms with Gasteiger partial charge in [-0.15, -0.1) is 0 Å².